The summed E-state index contributed by atoms with van der Waals surface area (Å²) in [6.07, 6.45) is -5.33. The first-order valence-corrected chi connectivity index (χ1v) is 6.16. The maximum absolute atomic E-state index is 11.4. The Bertz CT molecular complexity index is 494. The highest BCUT2D eigenvalue weighted by Crippen LogP contribution is 2.34. The third kappa shape index (κ3) is 2.54. The van der Waals surface area contributed by atoms with E-state index in [-0.39, 0.29) is 11.1 Å². The van der Waals surface area contributed by atoms with E-state index in [4.69, 9.17) is 15.6 Å². The summed E-state index contributed by atoms with van der Waals surface area (Å²) in [5.41, 5.74) is 5.68. The van der Waals surface area contributed by atoms with Crippen LogP contribution in [0, 0.1) is 0 Å². The molecule has 5 atom stereocenters. The largest absolute Gasteiger partial charge is 0.394 e. The summed E-state index contributed by atoms with van der Waals surface area (Å²) in [5.74, 6) is -1.74. The van der Waals surface area contributed by atoms with Gasteiger partial charge in [-0.2, -0.15) is 0 Å². The number of rotatable bonds is 3. The molecule has 110 valence electrons. The van der Waals surface area contributed by atoms with E-state index in [9.17, 15) is 20.1 Å². The Labute approximate surface area is 115 Å². The summed E-state index contributed by atoms with van der Waals surface area (Å²) in [7, 11) is 0. The summed E-state index contributed by atoms with van der Waals surface area (Å²) in [6.45, 7) is -0.542. The molecule has 1 aliphatic heterocycles. The number of amides is 1. The predicted molar refractivity (Wildman–Crippen MR) is 67.7 cm³/mol. The molecule has 6 N–H and O–H groups in total. The highest BCUT2D eigenvalue weighted by molar-refractivity contribution is 5.94. The van der Waals surface area contributed by atoms with Gasteiger partial charge in [-0.3, -0.25) is 4.79 Å². The van der Waals surface area contributed by atoms with Crippen molar-refractivity contribution in [3.63, 3.8) is 0 Å². The molecule has 0 saturated carbocycles. The van der Waals surface area contributed by atoms with Crippen molar-refractivity contribution >= 4 is 5.91 Å². The van der Waals surface area contributed by atoms with Crippen molar-refractivity contribution in [1.82, 2.24) is 0 Å². The first-order chi connectivity index (χ1) is 9.47. The van der Waals surface area contributed by atoms with E-state index in [0.29, 0.717) is 0 Å². The van der Waals surface area contributed by atoms with E-state index in [1.54, 1.807) is 12.1 Å². The second-order valence-electron chi connectivity index (χ2n) is 4.71. The third-order valence-corrected chi connectivity index (χ3v) is 3.49. The van der Waals surface area contributed by atoms with Crippen molar-refractivity contribution in [2.24, 2.45) is 5.73 Å². The van der Waals surface area contributed by atoms with Gasteiger partial charge in [0.2, 0.25) is 5.91 Å². The minimum atomic E-state index is -1.47. The molecular weight excluding hydrogens is 266 g/mol. The molecule has 1 amide bonds. The molecular formula is C13H17NO6. The lowest BCUT2D eigenvalue weighted by Crippen LogP contribution is -2.54. The lowest BCUT2D eigenvalue weighted by Gasteiger charge is -2.40. The number of aliphatic hydroxyl groups is 4. The van der Waals surface area contributed by atoms with Gasteiger partial charge < -0.3 is 30.9 Å². The van der Waals surface area contributed by atoms with Crippen LogP contribution in [0.3, 0.4) is 0 Å². The van der Waals surface area contributed by atoms with Crippen LogP contribution in [0.15, 0.2) is 24.3 Å². The van der Waals surface area contributed by atoms with Gasteiger partial charge in [-0.1, -0.05) is 18.2 Å². The minimum Gasteiger partial charge on any atom is -0.394 e. The quantitative estimate of drug-likeness (QED) is 0.449. The summed E-state index contributed by atoms with van der Waals surface area (Å²) in [6, 6.07) is 6.19. The fourth-order valence-corrected chi connectivity index (χ4v) is 2.45. The number of primary amides is 1. The fraction of sp³-hybridized carbons (Fsp3) is 0.462. The number of aliphatic hydroxyl groups excluding tert-OH is 4. The zero-order valence-corrected chi connectivity index (χ0v) is 10.6. The highest BCUT2D eigenvalue weighted by Gasteiger charge is 2.45. The van der Waals surface area contributed by atoms with Crippen molar-refractivity contribution < 1.29 is 30.0 Å². The molecule has 1 saturated heterocycles. The molecule has 1 aromatic carbocycles. The normalized spacial score (nSPS) is 33.9. The first kappa shape index (κ1) is 14.9. The monoisotopic (exact) mass is 283 g/mol. The van der Waals surface area contributed by atoms with Gasteiger partial charge in [0.25, 0.3) is 0 Å². The molecule has 1 unspecified atom stereocenters. The lowest BCUT2D eigenvalue weighted by molar-refractivity contribution is -0.251. The molecule has 7 heteroatoms. The Hall–Kier alpha value is -1.51. The van der Waals surface area contributed by atoms with Crippen LogP contribution in [0.5, 0.6) is 0 Å². The number of carbonyl (C=O) groups excluding carboxylic acids is 1. The molecule has 0 spiro atoms. The van der Waals surface area contributed by atoms with E-state index in [1.165, 1.54) is 12.1 Å². The number of hydrogen-bond donors (Lipinski definition) is 5. The van der Waals surface area contributed by atoms with Crippen molar-refractivity contribution in [3.05, 3.63) is 35.4 Å². The van der Waals surface area contributed by atoms with Crippen LogP contribution in [0.2, 0.25) is 0 Å². The Morgan fingerprint density at radius 3 is 2.45 bits per heavy atom. The summed E-state index contributed by atoms with van der Waals surface area (Å²) < 4.78 is 5.06. The summed E-state index contributed by atoms with van der Waals surface area (Å²) in [4.78, 5) is 11.4. The number of ether oxygens (including phenoxy) is 1. The highest BCUT2D eigenvalue weighted by atomic mass is 16.6. The second kappa shape index (κ2) is 5.86. The van der Waals surface area contributed by atoms with E-state index >= 15 is 0 Å². The number of benzene rings is 1. The van der Waals surface area contributed by atoms with Crippen LogP contribution in [0.25, 0.3) is 0 Å². The van der Waals surface area contributed by atoms with Crippen molar-refractivity contribution in [1.29, 1.82) is 0 Å². The van der Waals surface area contributed by atoms with Gasteiger partial charge in [-0.15, -0.1) is 0 Å². The van der Waals surface area contributed by atoms with Gasteiger partial charge in [0.15, 0.2) is 6.29 Å². The number of nitrogens with two attached hydrogens (primary N) is 1. The van der Waals surface area contributed by atoms with Crippen molar-refractivity contribution in [2.45, 2.75) is 30.5 Å². The number of carbonyl (C=O) groups is 1. The van der Waals surface area contributed by atoms with Crippen molar-refractivity contribution in [3.8, 4) is 0 Å². The average Bonchev–Trinajstić information content (AvgIpc) is 2.43. The van der Waals surface area contributed by atoms with Crippen LogP contribution in [0.1, 0.15) is 21.8 Å². The minimum absolute atomic E-state index is 0.133. The van der Waals surface area contributed by atoms with Gasteiger partial charge in [-0.05, 0) is 11.6 Å². The van der Waals surface area contributed by atoms with Crippen LogP contribution in [-0.4, -0.2) is 57.5 Å². The molecule has 1 aromatic rings. The standard InChI is InChI=1S/C13H17NO6/c14-12(18)7-4-2-1-3-6(7)9-11(17)10(16)8(5-15)20-13(9)19/h1-4,8-11,13,15-17,19H,5H2,(H2,14,18)/t8-,9-,10-,11-,13?/m1/s1. The molecule has 0 aromatic heterocycles. The zero-order valence-electron chi connectivity index (χ0n) is 10.6. The zero-order chi connectivity index (χ0) is 14.9. The molecule has 0 radical (unpaired) electrons. The lowest BCUT2D eigenvalue weighted by atomic mass is 9.83. The van der Waals surface area contributed by atoms with Crippen LogP contribution in [0.4, 0.5) is 0 Å². The van der Waals surface area contributed by atoms with E-state index in [1.807, 2.05) is 0 Å². The van der Waals surface area contributed by atoms with Crippen LogP contribution >= 0.6 is 0 Å². The van der Waals surface area contributed by atoms with Gasteiger partial charge in [0, 0.05) is 5.56 Å². The Morgan fingerprint density at radius 1 is 1.20 bits per heavy atom. The molecule has 2 rings (SSSR count). The Balaban J connectivity index is 2.39. The molecule has 1 fully saturated rings. The molecule has 0 aliphatic carbocycles. The average molecular weight is 283 g/mol. The molecule has 7 nitrogen and oxygen atoms in total. The molecule has 1 heterocycles. The first-order valence-electron chi connectivity index (χ1n) is 6.16. The molecule has 0 bridgehead atoms. The summed E-state index contributed by atoms with van der Waals surface area (Å²) in [5, 5.41) is 38.9. The predicted octanol–water partition coefficient (Wildman–Crippen LogP) is -1.70. The molecule has 20 heavy (non-hydrogen) atoms. The summed E-state index contributed by atoms with van der Waals surface area (Å²) >= 11 is 0. The van der Waals surface area contributed by atoms with E-state index in [2.05, 4.69) is 0 Å². The van der Waals surface area contributed by atoms with E-state index in [0.717, 1.165) is 0 Å². The van der Waals surface area contributed by atoms with Crippen LogP contribution in [-0.2, 0) is 4.74 Å². The van der Waals surface area contributed by atoms with Crippen molar-refractivity contribution in [2.75, 3.05) is 6.61 Å². The number of hydrogen-bond acceptors (Lipinski definition) is 6. The SMILES string of the molecule is NC(=O)c1ccccc1[C@H]1C(O)O[C@H](CO)[C@@H](O)[C@@H]1O. The maximum atomic E-state index is 11.4. The maximum Gasteiger partial charge on any atom is 0.248 e. The van der Waals surface area contributed by atoms with Gasteiger partial charge in [0.1, 0.15) is 12.2 Å². The smallest absolute Gasteiger partial charge is 0.248 e. The van der Waals surface area contributed by atoms with Gasteiger partial charge >= 0.3 is 0 Å². The molecule has 1 aliphatic rings. The third-order valence-electron chi connectivity index (χ3n) is 3.49. The Kier molecular flexibility index (Phi) is 4.36. The Morgan fingerprint density at radius 2 is 1.85 bits per heavy atom. The van der Waals surface area contributed by atoms with Gasteiger partial charge in [-0.25, -0.2) is 0 Å². The fourth-order valence-electron chi connectivity index (χ4n) is 2.45. The topological polar surface area (TPSA) is 133 Å². The van der Waals surface area contributed by atoms with Crippen LogP contribution < -0.4 is 5.73 Å². The van der Waals surface area contributed by atoms with Gasteiger partial charge in [0.05, 0.1) is 18.6 Å². The second-order valence-corrected chi connectivity index (χ2v) is 4.71. The van der Waals surface area contributed by atoms with E-state index < -0.39 is 43.0 Å².